The maximum atomic E-state index is 12.8. The van der Waals surface area contributed by atoms with Gasteiger partial charge in [0.25, 0.3) is 12.1 Å². The van der Waals surface area contributed by atoms with Crippen molar-refractivity contribution in [2.24, 2.45) is 4.99 Å². The quantitative estimate of drug-likeness (QED) is 0.512. The number of fused-ring (bicyclic) bond motifs is 2. The molecule has 5 rings (SSSR count). The van der Waals surface area contributed by atoms with E-state index in [1.54, 1.807) is 12.1 Å². The first kappa shape index (κ1) is 17.9. The Kier molecular flexibility index (Phi) is 4.37. The Balaban J connectivity index is 1.52. The lowest BCUT2D eigenvalue weighted by molar-refractivity contribution is -0.124. The minimum Gasteiger partial charge on any atom is -0.425 e. The van der Waals surface area contributed by atoms with Crippen molar-refractivity contribution in [2.75, 3.05) is 5.32 Å². The number of H-pyrrole nitrogens is 1. The Hall–Kier alpha value is -4.19. The largest absolute Gasteiger partial charge is 0.425 e. The molecular weight excluding hydrogens is 378 g/mol. The highest BCUT2D eigenvalue weighted by atomic mass is 16.6. The van der Waals surface area contributed by atoms with E-state index >= 15 is 0 Å². The highest BCUT2D eigenvalue weighted by Gasteiger charge is 2.29. The van der Waals surface area contributed by atoms with Crippen LogP contribution >= 0.6 is 0 Å². The maximum absolute atomic E-state index is 12.8. The van der Waals surface area contributed by atoms with Crippen LogP contribution in [0.15, 0.2) is 89.9 Å². The standard InChI is InChI=1S/C24H17N3O3/c28-22-23(30-24(29)20-14-16-10-4-6-12-18(16)25-20)27-21(15-8-2-1-3-9-15)17-11-5-7-13-19(17)26-22/h1-14,23,25H,(H,26,28). The second kappa shape index (κ2) is 7.33. The van der Waals surface area contributed by atoms with Crippen LogP contribution in [0, 0.1) is 0 Å². The summed E-state index contributed by atoms with van der Waals surface area (Å²) in [6, 6.07) is 26.1. The number of nitrogens with zero attached hydrogens (tertiary/aromatic N) is 1. The van der Waals surface area contributed by atoms with E-state index in [9.17, 15) is 9.59 Å². The average molecular weight is 395 g/mol. The fourth-order valence-corrected chi connectivity index (χ4v) is 3.49. The van der Waals surface area contributed by atoms with E-state index in [-0.39, 0.29) is 5.69 Å². The molecule has 1 aliphatic rings. The molecule has 6 heteroatoms. The van der Waals surface area contributed by atoms with Crippen LogP contribution in [0.5, 0.6) is 0 Å². The topological polar surface area (TPSA) is 83.5 Å². The average Bonchev–Trinajstić information content (AvgIpc) is 3.16. The molecular formula is C24H17N3O3. The number of aliphatic imine (C=N–C) groups is 1. The Bertz CT molecular complexity index is 1260. The highest BCUT2D eigenvalue weighted by molar-refractivity contribution is 6.19. The second-order valence-corrected chi connectivity index (χ2v) is 6.91. The minimum absolute atomic E-state index is 0.266. The van der Waals surface area contributed by atoms with E-state index in [0.717, 1.165) is 22.0 Å². The highest BCUT2D eigenvalue weighted by Crippen LogP contribution is 2.25. The van der Waals surface area contributed by atoms with Gasteiger partial charge in [-0.1, -0.05) is 66.7 Å². The summed E-state index contributed by atoms with van der Waals surface area (Å²) in [5, 5.41) is 3.70. The van der Waals surface area contributed by atoms with Gasteiger partial charge < -0.3 is 15.0 Å². The molecule has 30 heavy (non-hydrogen) atoms. The van der Waals surface area contributed by atoms with Crippen molar-refractivity contribution < 1.29 is 14.3 Å². The Morgan fingerprint density at radius 3 is 2.47 bits per heavy atom. The summed E-state index contributed by atoms with van der Waals surface area (Å²) in [4.78, 5) is 33.1. The van der Waals surface area contributed by atoms with Crippen molar-refractivity contribution in [3.05, 3.63) is 102 Å². The Morgan fingerprint density at radius 1 is 0.900 bits per heavy atom. The summed E-state index contributed by atoms with van der Waals surface area (Å²) in [5.41, 5.74) is 3.88. The SMILES string of the molecule is O=C(OC1N=C(c2ccccc2)c2ccccc2NC1=O)c1cc2ccccc2[nH]1. The van der Waals surface area contributed by atoms with Crippen molar-refractivity contribution in [1.82, 2.24) is 4.98 Å². The number of para-hydroxylation sites is 2. The van der Waals surface area contributed by atoms with Gasteiger partial charge in [0, 0.05) is 22.0 Å². The predicted octanol–water partition coefficient (Wildman–Crippen LogP) is 4.14. The summed E-state index contributed by atoms with van der Waals surface area (Å²) < 4.78 is 5.51. The normalized spacial score (nSPS) is 15.7. The molecule has 2 heterocycles. The van der Waals surface area contributed by atoms with Crippen molar-refractivity contribution >= 4 is 34.2 Å². The molecule has 4 aromatic rings. The number of ether oxygens (including phenoxy) is 1. The van der Waals surface area contributed by atoms with Crippen LogP contribution in [0.1, 0.15) is 21.6 Å². The van der Waals surface area contributed by atoms with Crippen molar-refractivity contribution in [3.8, 4) is 0 Å². The number of rotatable bonds is 3. The predicted molar refractivity (Wildman–Crippen MR) is 115 cm³/mol. The van der Waals surface area contributed by atoms with Gasteiger partial charge in [-0.2, -0.15) is 0 Å². The molecule has 3 aromatic carbocycles. The van der Waals surface area contributed by atoms with Crippen molar-refractivity contribution in [2.45, 2.75) is 6.23 Å². The number of amides is 1. The number of benzene rings is 3. The zero-order valence-corrected chi connectivity index (χ0v) is 15.8. The van der Waals surface area contributed by atoms with Crippen LogP contribution in [-0.4, -0.2) is 28.8 Å². The van der Waals surface area contributed by atoms with Crippen LogP contribution in [0.2, 0.25) is 0 Å². The summed E-state index contributed by atoms with van der Waals surface area (Å²) in [7, 11) is 0. The fourth-order valence-electron chi connectivity index (χ4n) is 3.49. The molecule has 2 N–H and O–H groups in total. The van der Waals surface area contributed by atoms with E-state index in [2.05, 4.69) is 15.3 Å². The smallest absolute Gasteiger partial charge is 0.357 e. The van der Waals surface area contributed by atoms with E-state index in [4.69, 9.17) is 4.74 Å². The summed E-state index contributed by atoms with van der Waals surface area (Å²) in [5.74, 6) is -1.15. The first-order valence-corrected chi connectivity index (χ1v) is 9.51. The Labute approximate surface area is 172 Å². The summed E-state index contributed by atoms with van der Waals surface area (Å²) in [6.45, 7) is 0. The molecule has 0 radical (unpaired) electrons. The first-order valence-electron chi connectivity index (χ1n) is 9.51. The number of aromatic nitrogens is 1. The number of esters is 1. The minimum atomic E-state index is -1.31. The third-order valence-electron chi connectivity index (χ3n) is 4.93. The lowest BCUT2D eigenvalue weighted by Crippen LogP contribution is -2.30. The fraction of sp³-hybridized carbons (Fsp3) is 0.0417. The number of anilines is 1. The van der Waals surface area contributed by atoms with Crippen LogP contribution in [-0.2, 0) is 9.53 Å². The molecule has 0 spiro atoms. The Morgan fingerprint density at radius 2 is 1.63 bits per heavy atom. The van der Waals surface area contributed by atoms with Gasteiger partial charge in [-0.05, 0) is 18.2 Å². The molecule has 1 aromatic heterocycles. The van der Waals surface area contributed by atoms with Gasteiger partial charge in [-0.3, -0.25) is 4.79 Å². The van der Waals surface area contributed by atoms with Gasteiger partial charge in [0.15, 0.2) is 0 Å². The number of hydrogen-bond acceptors (Lipinski definition) is 4. The van der Waals surface area contributed by atoms with Crippen LogP contribution in [0.3, 0.4) is 0 Å². The van der Waals surface area contributed by atoms with E-state index in [0.29, 0.717) is 11.4 Å². The van der Waals surface area contributed by atoms with E-state index in [1.807, 2.05) is 72.8 Å². The molecule has 1 atom stereocenters. The molecule has 1 aliphatic heterocycles. The molecule has 0 saturated heterocycles. The molecule has 1 amide bonds. The molecule has 6 nitrogen and oxygen atoms in total. The van der Waals surface area contributed by atoms with E-state index in [1.165, 1.54) is 0 Å². The van der Waals surface area contributed by atoms with Gasteiger partial charge in [0.1, 0.15) is 5.69 Å². The van der Waals surface area contributed by atoms with Crippen molar-refractivity contribution in [1.29, 1.82) is 0 Å². The van der Waals surface area contributed by atoms with E-state index < -0.39 is 18.1 Å². The van der Waals surface area contributed by atoms with Gasteiger partial charge >= 0.3 is 5.97 Å². The number of nitrogens with one attached hydrogen (secondary N) is 2. The lowest BCUT2D eigenvalue weighted by atomic mass is 10.0. The number of hydrogen-bond donors (Lipinski definition) is 2. The monoisotopic (exact) mass is 395 g/mol. The number of aromatic amines is 1. The third-order valence-corrected chi connectivity index (χ3v) is 4.93. The number of carbonyl (C=O) groups excluding carboxylic acids is 2. The zero-order chi connectivity index (χ0) is 20.5. The van der Waals surface area contributed by atoms with Gasteiger partial charge in [0.05, 0.1) is 11.4 Å². The van der Waals surface area contributed by atoms with Crippen LogP contribution in [0.25, 0.3) is 10.9 Å². The lowest BCUT2D eigenvalue weighted by Gasteiger charge is -2.12. The first-order chi connectivity index (χ1) is 14.7. The van der Waals surface area contributed by atoms with Gasteiger partial charge in [-0.25, -0.2) is 9.79 Å². The zero-order valence-electron chi connectivity index (χ0n) is 15.8. The van der Waals surface area contributed by atoms with Crippen LogP contribution < -0.4 is 5.32 Å². The summed E-state index contributed by atoms with van der Waals surface area (Å²) in [6.07, 6.45) is -1.31. The summed E-state index contributed by atoms with van der Waals surface area (Å²) >= 11 is 0. The molecule has 0 fully saturated rings. The van der Waals surface area contributed by atoms with Gasteiger partial charge in [-0.15, -0.1) is 0 Å². The van der Waals surface area contributed by atoms with Crippen LogP contribution in [0.4, 0.5) is 5.69 Å². The molecule has 146 valence electrons. The molecule has 0 aliphatic carbocycles. The van der Waals surface area contributed by atoms with Crippen molar-refractivity contribution in [3.63, 3.8) is 0 Å². The molecule has 0 bridgehead atoms. The second-order valence-electron chi connectivity index (χ2n) is 6.91. The van der Waals surface area contributed by atoms with Gasteiger partial charge in [0.2, 0.25) is 0 Å². The molecule has 0 saturated carbocycles. The molecule has 1 unspecified atom stereocenters. The number of benzodiazepines with no additional fused rings is 1. The third kappa shape index (κ3) is 3.24. The maximum Gasteiger partial charge on any atom is 0.357 e. The number of carbonyl (C=O) groups is 2.